The van der Waals surface area contributed by atoms with Crippen molar-refractivity contribution in [2.45, 2.75) is 25.4 Å². The monoisotopic (exact) mass is 658 g/mol. The van der Waals surface area contributed by atoms with Crippen LogP contribution in [0.3, 0.4) is 0 Å². The quantitative estimate of drug-likeness (QED) is 0.306. The molecule has 2 unspecified atom stereocenters. The fourth-order valence-corrected chi connectivity index (χ4v) is 6.24. The molecule has 4 amide bonds. The van der Waals surface area contributed by atoms with Gasteiger partial charge in [0.05, 0.1) is 49.9 Å². The summed E-state index contributed by atoms with van der Waals surface area (Å²) in [5, 5.41) is 5.13. The molecule has 0 spiro atoms. The number of rotatable bonds is 7. The molecule has 6 rings (SSSR count). The molecule has 0 saturated carbocycles. The second-order valence-corrected chi connectivity index (χ2v) is 11.8. The van der Waals surface area contributed by atoms with Gasteiger partial charge in [-0.15, -0.1) is 0 Å². The van der Waals surface area contributed by atoms with E-state index in [4.69, 9.17) is 20.2 Å². The fraction of sp³-hybridized carbons (Fsp3) is 0.353. The highest BCUT2D eigenvalue weighted by Crippen LogP contribution is 2.37. The van der Waals surface area contributed by atoms with E-state index in [1.54, 1.807) is 59.2 Å². The van der Waals surface area contributed by atoms with Gasteiger partial charge in [0.2, 0.25) is 0 Å². The molecule has 13 nitrogen and oxygen atoms in total. The third kappa shape index (κ3) is 6.43. The molecule has 2 aliphatic rings. The highest BCUT2D eigenvalue weighted by molar-refractivity contribution is 6.03. The van der Waals surface area contributed by atoms with Gasteiger partial charge in [0.25, 0.3) is 5.56 Å². The number of carbonyl (C=O) groups is 2. The number of urea groups is 2. The second-order valence-electron chi connectivity index (χ2n) is 11.8. The highest BCUT2D eigenvalue weighted by Gasteiger charge is 2.34. The van der Waals surface area contributed by atoms with Gasteiger partial charge >= 0.3 is 12.1 Å². The minimum atomic E-state index is -0.837. The van der Waals surface area contributed by atoms with Crippen molar-refractivity contribution in [3.05, 3.63) is 88.7 Å². The van der Waals surface area contributed by atoms with E-state index >= 15 is 0 Å². The predicted octanol–water partition coefficient (Wildman–Crippen LogP) is 3.76. The maximum absolute atomic E-state index is 14.3. The van der Waals surface area contributed by atoms with Gasteiger partial charge in [-0.3, -0.25) is 9.69 Å². The van der Waals surface area contributed by atoms with Crippen LogP contribution in [0.5, 0.6) is 11.5 Å². The molecular weight excluding hydrogens is 619 g/mol. The molecule has 4 aromatic rings. The zero-order valence-corrected chi connectivity index (χ0v) is 27.1. The Morgan fingerprint density at radius 3 is 2.38 bits per heavy atom. The summed E-state index contributed by atoms with van der Waals surface area (Å²) in [6.07, 6.45) is 0.773. The maximum atomic E-state index is 14.3. The van der Waals surface area contributed by atoms with E-state index in [0.717, 1.165) is 6.42 Å². The van der Waals surface area contributed by atoms with Crippen LogP contribution in [0.15, 0.2) is 71.5 Å². The first-order chi connectivity index (χ1) is 23.2. The van der Waals surface area contributed by atoms with E-state index in [9.17, 15) is 18.8 Å². The third-order valence-electron chi connectivity index (χ3n) is 8.81. The van der Waals surface area contributed by atoms with Crippen LogP contribution in [0.2, 0.25) is 0 Å². The van der Waals surface area contributed by atoms with Gasteiger partial charge in [-0.1, -0.05) is 12.1 Å². The molecule has 2 atom stereocenters. The van der Waals surface area contributed by atoms with E-state index in [0.29, 0.717) is 78.9 Å². The number of halogens is 1. The Hall–Kier alpha value is -5.37. The molecule has 2 aliphatic heterocycles. The highest BCUT2D eigenvalue weighted by atomic mass is 19.1. The summed E-state index contributed by atoms with van der Waals surface area (Å²) in [6, 6.07) is 16.0. The molecule has 0 aliphatic carbocycles. The van der Waals surface area contributed by atoms with Gasteiger partial charge in [0, 0.05) is 44.0 Å². The Kier molecular flexibility index (Phi) is 9.35. The minimum absolute atomic E-state index is 0.0194. The number of nitrogens with two attached hydrogens (primary N) is 1. The Balaban J connectivity index is 1.40. The lowest BCUT2D eigenvalue weighted by atomic mass is 10.1. The lowest BCUT2D eigenvalue weighted by molar-refractivity contribution is 0.155. The number of para-hydroxylation sites is 1. The van der Waals surface area contributed by atoms with E-state index in [1.165, 1.54) is 48.1 Å². The molecule has 252 valence electrons. The van der Waals surface area contributed by atoms with Crippen molar-refractivity contribution in [3.8, 4) is 11.5 Å². The summed E-state index contributed by atoms with van der Waals surface area (Å²) in [5.41, 5.74) is 6.97. The number of aromatic nitrogens is 2. The molecule has 3 aromatic carbocycles. The topological polar surface area (TPSA) is 138 Å². The number of fused-ring (bicyclic) bond motifs is 1. The summed E-state index contributed by atoms with van der Waals surface area (Å²) in [5.74, 6) is 0.728. The predicted molar refractivity (Wildman–Crippen MR) is 181 cm³/mol. The molecular formula is C34H39FN8O5. The Morgan fingerprint density at radius 2 is 1.71 bits per heavy atom. The number of carbonyl (C=O) groups excluding carboxylic acids is 2. The second kappa shape index (κ2) is 13.8. The number of hydrogen-bond acceptors (Lipinski definition) is 8. The number of likely N-dealkylation sites (tertiary alicyclic amines) is 1. The van der Waals surface area contributed by atoms with Crippen molar-refractivity contribution >= 4 is 34.3 Å². The van der Waals surface area contributed by atoms with Crippen LogP contribution >= 0.6 is 0 Å². The molecule has 0 radical (unpaired) electrons. The molecule has 48 heavy (non-hydrogen) atoms. The number of piperazine rings is 1. The number of methoxy groups -OCH3 is 2. The zero-order chi connectivity index (χ0) is 33.9. The summed E-state index contributed by atoms with van der Waals surface area (Å²) >= 11 is 0. The summed E-state index contributed by atoms with van der Waals surface area (Å²) in [6.45, 7) is 4.42. The minimum Gasteiger partial charge on any atom is -0.497 e. The first kappa shape index (κ1) is 32.6. The van der Waals surface area contributed by atoms with Gasteiger partial charge in [-0.2, -0.15) is 0 Å². The number of nitrogens with one attached hydrogen (secondary N) is 1. The van der Waals surface area contributed by atoms with Gasteiger partial charge in [-0.25, -0.2) is 23.6 Å². The Morgan fingerprint density at radius 1 is 0.979 bits per heavy atom. The maximum Gasteiger partial charge on any atom is 0.327 e. The van der Waals surface area contributed by atoms with Gasteiger partial charge in [-0.05, 0) is 61.9 Å². The third-order valence-corrected chi connectivity index (χ3v) is 8.81. The Labute approximate surface area is 277 Å². The first-order valence-electron chi connectivity index (χ1n) is 15.8. The number of hydrogen-bond donors (Lipinski definition) is 2. The number of anilines is 2. The molecule has 14 heteroatoms. The van der Waals surface area contributed by atoms with Crippen molar-refractivity contribution in [3.63, 3.8) is 0 Å². The van der Waals surface area contributed by atoms with Crippen LogP contribution in [0, 0.1) is 5.82 Å². The molecule has 1 aromatic heterocycles. The van der Waals surface area contributed by atoms with Crippen molar-refractivity contribution in [1.29, 1.82) is 0 Å². The van der Waals surface area contributed by atoms with Gasteiger partial charge in [0.1, 0.15) is 17.3 Å². The van der Waals surface area contributed by atoms with Crippen molar-refractivity contribution < 1.29 is 23.5 Å². The van der Waals surface area contributed by atoms with E-state index in [2.05, 4.69) is 5.32 Å². The largest absolute Gasteiger partial charge is 0.497 e. The fourth-order valence-electron chi connectivity index (χ4n) is 6.24. The Bertz CT molecular complexity index is 1860. The van der Waals surface area contributed by atoms with Gasteiger partial charge < -0.3 is 35.3 Å². The molecule has 2 fully saturated rings. The van der Waals surface area contributed by atoms with Crippen molar-refractivity contribution in [2.75, 3.05) is 68.7 Å². The first-order valence-corrected chi connectivity index (χ1v) is 15.8. The zero-order valence-electron chi connectivity index (χ0n) is 27.1. The average Bonchev–Trinajstić information content (AvgIpc) is 3.55. The summed E-state index contributed by atoms with van der Waals surface area (Å²) in [4.78, 5) is 51.6. The average molecular weight is 659 g/mol. The normalized spacial score (nSPS) is 16.9. The van der Waals surface area contributed by atoms with Crippen LogP contribution in [0.4, 0.5) is 25.4 Å². The van der Waals surface area contributed by atoms with Gasteiger partial charge in [0.15, 0.2) is 5.82 Å². The SMILES string of the molecule is COc1ccc(N(C(=O)Nc2ccc(F)cc2)C(C)c2nc3ccccc3c(=O)n2N2CCN(C(=O)N3CCC(N)C3)CC2)c(OC)c1. The summed E-state index contributed by atoms with van der Waals surface area (Å²) < 4.78 is 26.3. The van der Waals surface area contributed by atoms with E-state index < -0.39 is 17.9 Å². The van der Waals surface area contributed by atoms with Crippen LogP contribution in [0.1, 0.15) is 25.2 Å². The standard InChI is InChI=1S/C34H39FN8O5/c1-22(42(29-13-12-26(47-2)20-30(29)48-3)33(45)37-25-10-8-23(35)9-11-25)31-38-28-7-5-4-6-27(28)32(44)43(31)41-18-16-39(17-19-41)34(46)40-15-14-24(36)21-40/h4-13,20,22,24H,14-19,21,36H2,1-3H3,(H,37,45). The molecule has 2 saturated heterocycles. The number of nitrogens with zero attached hydrogens (tertiary/aromatic N) is 6. The number of ether oxygens (including phenoxy) is 2. The molecule has 3 heterocycles. The smallest absolute Gasteiger partial charge is 0.327 e. The number of benzene rings is 3. The van der Waals surface area contributed by atoms with Crippen molar-refractivity contribution in [1.82, 2.24) is 19.5 Å². The van der Waals surface area contributed by atoms with Crippen molar-refractivity contribution in [2.24, 2.45) is 5.73 Å². The van der Waals surface area contributed by atoms with Crippen LogP contribution in [-0.4, -0.2) is 91.1 Å². The van der Waals surface area contributed by atoms with Crippen LogP contribution in [-0.2, 0) is 0 Å². The van der Waals surface area contributed by atoms with Crippen LogP contribution < -0.4 is 36.0 Å². The van der Waals surface area contributed by atoms with Crippen LogP contribution in [0.25, 0.3) is 10.9 Å². The van der Waals surface area contributed by atoms with E-state index in [-0.39, 0.29) is 17.6 Å². The molecule has 3 N–H and O–H groups in total. The lowest BCUT2D eigenvalue weighted by Crippen LogP contribution is -2.58. The summed E-state index contributed by atoms with van der Waals surface area (Å²) in [7, 11) is 3.01. The van der Waals surface area contributed by atoms with E-state index in [1.807, 2.05) is 5.01 Å². The molecule has 0 bridgehead atoms. The number of amides is 4. The lowest BCUT2D eigenvalue weighted by Gasteiger charge is -2.40.